The van der Waals surface area contributed by atoms with Crippen LogP contribution in [0.5, 0.6) is 0 Å². The maximum atomic E-state index is 12.7. The van der Waals surface area contributed by atoms with E-state index < -0.39 is 0 Å². The highest BCUT2D eigenvalue weighted by molar-refractivity contribution is 7.15. The van der Waals surface area contributed by atoms with E-state index >= 15 is 0 Å². The number of rotatable bonds is 6. The summed E-state index contributed by atoms with van der Waals surface area (Å²) < 4.78 is 0. The Labute approximate surface area is 186 Å². The van der Waals surface area contributed by atoms with Crippen molar-refractivity contribution in [2.75, 3.05) is 5.43 Å². The standard InChI is InChI=1S/C25H28N4OS/c1-16-9-11-17(12-10-16)15-26-29-24-28-22(25(2,3)4)21(31-24)14-19-13-18-7-5-6-8-20(18)27-23(19)30/h5-13,26H,14-15H2,1-4H3,(H,27,30)(H,28,29). The molecule has 0 fully saturated rings. The van der Waals surface area contributed by atoms with Crippen molar-refractivity contribution in [3.8, 4) is 0 Å². The number of nitrogens with zero attached hydrogens (tertiary/aromatic N) is 1. The van der Waals surface area contributed by atoms with Crippen LogP contribution < -0.4 is 16.4 Å². The van der Waals surface area contributed by atoms with E-state index in [1.165, 1.54) is 11.1 Å². The molecule has 31 heavy (non-hydrogen) atoms. The molecule has 3 N–H and O–H groups in total. The molecular formula is C25H28N4OS. The van der Waals surface area contributed by atoms with Crippen LogP contribution in [0.25, 0.3) is 10.9 Å². The number of hydrogen-bond donors (Lipinski definition) is 3. The number of aromatic nitrogens is 2. The third-order valence-corrected chi connectivity index (χ3v) is 6.17. The van der Waals surface area contributed by atoms with Crippen molar-refractivity contribution in [2.24, 2.45) is 0 Å². The van der Waals surface area contributed by atoms with Gasteiger partial charge in [0, 0.05) is 34.3 Å². The zero-order chi connectivity index (χ0) is 22.0. The molecule has 0 aliphatic rings. The summed E-state index contributed by atoms with van der Waals surface area (Å²) in [5.74, 6) is 0. The summed E-state index contributed by atoms with van der Waals surface area (Å²) in [5, 5.41) is 1.85. The van der Waals surface area contributed by atoms with Gasteiger partial charge >= 0.3 is 0 Å². The monoisotopic (exact) mass is 432 g/mol. The molecule has 4 rings (SSSR count). The van der Waals surface area contributed by atoms with Gasteiger partial charge in [-0.15, -0.1) is 11.3 Å². The van der Waals surface area contributed by atoms with Crippen LogP contribution in [0.3, 0.4) is 0 Å². The molecule has 0 aliphatic carbocycles. The maximum absolute atomic E-state index is 12.7. The number of benzene rings is 2. The Hall–Kier alpha value is -2.96. The van der Waals surface area contributed by atoms with Crippen molar-refractivity contribution in [3.63, 3.8) is 0 Å². The zero-order valence-corrected chi connectivity index (χ0v) is 19.2. The van der Waals surface area contributed by atoms with E-state index in [9.17, 15) is 4.79 Å². The van der Waals surface area contributed by atoms with Gasteiger partial charge in [-0.05, 0) is 30.0 Å². The number of para-hydroxylation sites is 1. The van der Waals surface area contributed by atoms with Crippen LogP contribution in [-0.4, -0.2) is 9.97 Å². The molecule has 6 heteroatoms. The molecule has 0 amide bonds. The fourth-order valence-electron chi connectivity index (χ4n) is 3.54. The van der Waals surface area contributed by atoms with Crippen LogP contribution in [-0.2, 0) is 18.4 Å². The van der Waals surface area contributed by atoms with Crippen molar-refractivity contribution in [1.29, 1.82) is 0 Å². The molecule has 0 saturated heterocycles. The number of fused-ring (bicyclic) bond motifs is 1. The predicted molar refractivity (Wildman–Crippen MR) is 130 cm³/mol. The van der Waals surface area contributed by atoms with Crippen molar-refractivity contribution in [1.82, 2.24) is 15.4 Å². The molecule has 0 saturated carbocycles. The fraction of sp³-hybridized carbons (Fsp3) is 0.280. The summed E-state index contributed by atoms with van der Waals surface area (Å²) in [6, 6.07) is 18.3. The van der Waals surface area contributed by atoms with E-state index in [0.29, 0.717) is 13.0 Å². The van der Waals surface area contributed by atoms with E-state index in [4.69, 9.17) is 4.98 Å². The third kappa shape index (κ3) is 5.03. The van der Waals surface area contributed by atoms with Gasteiger partial charge in [-0.3, -0.25) is 10.2 Å². The van der Waals surface area contributed by atoms with Gasteiger partial charge in [0.1, 0.15) is 0 Å². The molecule has 0 spiro atoms. The molecule has 160 valence electrons. The van der Waals surface area contributed by atoms with Crippen LogP contribution in [0, 0.1) is 6.92 Å². The third-order valence-electron chi connectivity index (χ3n) is 5.20. The van der Waals surface area contributed by atoms with Gasteiger partial charge in [0.15, 0.2) is 5.13 Å². The minimum absolute atomic E-state index is 0.0426. The Morgan fingerprint density at radius 2 is 1.81 bits per heavy atom. The maximum Gasteiger partial charge on any atom is 0.251 e. The number of H-pyrrole nitrogens is 1. The lowest BCUT2D eigenvalue weighted by atomic mass is 9.90. The number of anilines is 1. The lowest BCUT2D eigenvalue weighted by molar-refractivity contribution is 0.567. The first kappa shape index (κ1) is 21.3. The number of pyridine rings is 1. The Morgan fingerprint density at radius 3 is 2.55 bits per heavy atom. The van der Waals surface area contributed by atoms with Crippen molar-refractivity contribution in [3.05, 3.63) is 92.2 Å². The molecule has 0 atom stereocenters. The summed E-state index contributed by atoms with van der Waals surface area (Å²) in [6.45, 7) is 9.24. The average Bonchev–Trinajstić information content (AvgIpc) is 3.13. The van der Waals surface area contributed by atoms with Gasteiger partial charge in [-0.25, -0.2) is 10.4 Å². The van der Waals surface area contributed by atoms with Gasteiger partial charge in [0.05, 0.1) is 5.69 Å². The normalized spacial score (nSPS) is 11.7. The summed E-state index contributed by atoms with van der Waals surface area (Å²) in [4.78, 5) is 21.6. The minimum atomic E-state index is -0.119. The van der Waals surface area contributed by atoms with E-state index in [1.807, 2.05) is 30.3 Å². The van der Waals surface area contributed by atoms with Gasteiger partial charge in [0.2, 0.25) is 0 Å². The first-order valence-corrected chi connectivity index (χ1v) is 11.3. The number of aryl methyl sites for hydroxylation is 1. The molecule has 0 unspecified atom stereocenters. The fourth-order valence-corrected chi connectivity index (χ4v) is 4.71. The van der Waals surface area contributed by atoms with E-state index in [1.54, 1.807) is 11.3 Å². The Morgan fingerprint density at radius 1 is 1.06 bits per heavy atom. The number of aromatic amines is 1. The highest BCUT2D eigenvalue weighted by Gasteiger charge is 2.24. The number of hydrazine groups is 1. The highest BCUT2D eigenvalue weighted by Crippen LogP contribution is 2.33. The van der Waals surface area contributed by atoms with Gasteiger partial charge in [-0.1, -0.05) is 68.8 Å². The molecule has 4 aromatic rings. The molecule has 2 heterocycles. The molecule has 2 aromatic carbocycles. The summed E-state index contributed by atoms with van der Waals surface area (Å²) in [5.41, 5.74) is 11.4. The SMILES string of the molecule is Cc1ccc(CNNc2nc(C(C)(C)C)c(Cc3cc4ccccc4[nH]c3=O)s2)cc1. The first-order chi connectivity index (χ1) is 14.8. The summed E-state index contributed by atoms with van der Waals surface area (Å²) in [6.07, 6.45) is 0.560. The molecule has 5 nitrogen and oxygen atoms in total. The van der Waals surface area contributed by atoms with Crippen LogP contribution in [0.1, 0.15) is 48.0 Å². The van der Waals surface area contributed by atoms with Crippen molar-refractivity contribution < 1.29 is 0 Å². The van der Waals surface area contributed by atoms with E-state index in [2.05, 4.69) is 67.8 Å². The quantitative estimate of drug-likeness (QED) is 0.362. The van der Waals surface area contributed by atoms with Crippen LogP contribution in [0.4, 0.5) is 5.13 Å². The predicted octanol–water partition coefficient (Wildman–Crippen LogP) is 5.30. The van der Waals surface area contributed by atoms with E-state index in [0.717, 1.165) is 32.2 Å². The topological polar surface area (TPSA) is 69.8 Å². The van der Waals surface area contributed by atoms with Crippen molar-refractivity contribution >= 4 is 27.4 Å². The smallest absolute Gasteiger partial charge is 0.251 e. The van der Waals surface area contributed by atoms with Crippen molar-refractivity contribution in [2.45, 2.75) is 46.1 Å². The molecular weight excluding hydrogens is 404 g/mol. The van der Waals surface area contributed by atoms with Crippen LogP contribution >= 0.6 is 11.3 Å². The number of hydrogen-bond acceptors (Lipinski definition) is 5. The van der Waals surface area contributed by atoms with Crippen LogP contribution in [0.2, 0.25) is 0 Å². The molecule has 0 bridgehead atoms. The summed E-state index contributed by atoms with van der Waals surface area (Å²) >= 11 is 1.60. The minimum Gasteiger partial charge on any atom is -0.322 e. The number of thiazole rings is 1. The Bertz CT molecular complexity index is 1250. The summed E-state index contributed by atoms with van der Waals surface area (Å²) in [7, 11) is 0. The van der Waals surface area contributed by atoms with Gasteiger partial charge in [0.25, 0.3) is 5.56 Å². The Balaban J connectivity index is 1.55. The van der Waals surface area contributed by atoms with Gasteiger partial charge in [-0.2, -0.15) is 0 Å². The van der Waals surface area contributed by atoms with Crippen LogP contribution in [0.15, 0.2) is 59.4 Å². The average molecular weight is 433 g/mol. The molecule has 2 aromatic heterocycles. The lowest BCUT2D eigenvalue weighted by Gasteiger charge is -2.17. The second-order valence-electron chi connectivity index (χ2n) is 8.89. The second kappa shape index (κ2) is 8.65. The first-order valence-electron chi connectivity index (χ1n) is 10.4. The number of nitrogens with one attached hydrogen (secondary N) is 3. The largest absolute Gasteiger partial charge is 0.322 e. The lowest BCUT2D eigenvalue weighted by Crippen LogP contribution is -2.21. The Kier molecular flexibility index (Phi) is 5.94. The van der Waals surface area contributed by atoms with E-state index in [-0.39, 0.29) is 11.0 Å². The zero-order valence-electron chi connectivity index (χ0n) is 18.4. The molecule has 0 aliphatic heterocycles. The molecule has 0 radical (unpaired) electrons. The highest BCUT2D eigenvalue weighted by atomic mass is 32.1. The van der Waals surface area contributed by atoms with Gasteiger partial charge < -0.3 is 4.98 Å². The second-order valence-corrected chi connectivity index (χ2v) is 9.98.